The highest BCUT2D eigenvalue weighted by atomic mass is 16.2. The number of amides is 1. The molecule has 1 fully saturated rings. The molecule has 19 heavy (non-hydrogen) atoms. The van der Waals surface area contributed by atoms with Gasteiger partial charge < -0.3 is 4.90 Å². The first-order valence-electron chi connectivity index (χ1n) is 7.01. The Balaban J connectivity index is 1.64. The van der Waals surface area contributed by atoms with E-state index in [0.29, 0.717) is 6.54 Å². The zero-order valence-electron chi connectivity index (χ0n) is 11.3. The van der Waals surface area contributed by atoms with Crippen LogP contribution in [0.15, 0.2) is 36.4 Å². The Labute approximate surface area is 114 Å². The minimum Gasteiger partial charge on any atom is -0.311 e. The maximum Gasteiger partial charge on any atom is 0.241 e. The summed E-state index contributed by atoms with van der Waals surface area (Å²) in [5.41, 5.74) is 3.71. The van der Waals surface area contributed by atoms with Crippen molar-refractivity contribution in [3.05, 3.63) is 42.0 Å². The molecule has 0 unspecified atom stereocenters. The third-order valence-corrected chi connectivity index (χ3v) is 4.11. The highest BCUT2D eigenvalue weighted by molar-refractivity contribution is 5.96. The van der Waals surface area contributed by atoms with Crippen LogP contribution in [0.2, 0.25) is 0 Å². The molecule has 0 saturated carbocycles. The van der Waals surface area contributed by atoms with Gasteiger partial charge in [-0.25, -0.2) is 0 Å². The topological polar surface area (TPSA) is 23.6 Å². The van der Waals surface area contributed by atoms with E-state index in [2.05, 4.69) is 23.6 Å². The second-order valence-electron chi connectivity index (χ2n) is 5.45. The van der Waals surface area contributed by atoms with Crippen LogP contribution in [0.3, 0.4) is 0 Å². The molecule has 0 radical (unpaired) electrons. The Morgan fingerprint density at radius 2 is 1.84 bits per heavy atom. The van der Waals surface area contributed by atoms with E-state index in [-0.39, 0.29) is 5.91 Å². The van der Waals surface area contributed by atoms with Crippen molar-refractivity contribution in [2.75, 3.05) is 31.1 Å². The number of anilines is 1. The molecule has 3 nitrogen and oxygen atoms in total. The van der Waals surface area contributed by atoms with Crippen molar-refractivity contribution in [3.63, 3.8) is 0 Å². The van der Waals surface area contributed by atoms with Gasteiger partial charge in [-0.3, -0.25) is 9.69 Å². The van der Waals surface area contributed by atoms with Crippen LogP contribution in [-0.4, -0.2) is 37.0 Å². The number of fused-ring (bicyclic) bond motifs is 1. The molecule has 0 aliphatic carbocycles. The summed E-state index contributed by atoms with van der Waals surface area (Å²) in [5.74, 6) is 0.234. The highest BCUT2D eigenvalue weighted by Crippen LogP contribution is 2.27. The van der Waals surface area contributed by atoms with Crippen LogP contribution in [0.1, 0.15) is 18.4 Å². The Bertz CT molecular complexity index is 499. The molecule has 2 aliphatic heterocycles. The third-order valence-electron chi connectivity index (χ3n) is 4.11. The van der Waals surface area contributed by atoms with Crippen molar-refractivity contribution >= 4 is 11.6 Å². The van der Waals surface area contributed by atoms with Gasteiger partial charge in [-0.15, -0.1) is 0 Å². The van der Waals surface area contributed by atoms with Gasteiger partial charge in [0.1, 0.15) is 0 Å². The number of carbonyl (C=O) groups is 1. The summed E-state index contributed by atoms with van der Waals surface area (Å²) in [6.07, 6.45) is 3.05. The monoisotopic (exact) mass is 256 g/mol. The fourth-order valence-electron chi connectivity index (χ4n) is 2.90. The Morgan fingerprint density at radius 3 is 2.63 bits per heavy atom. The van der Waals surface area contributed by atoms with Crippen molar-refractivity contribution in [1.82, 2.24) is 4.90 Å². The van der Waals surface area contributed by atoms with E-state index in [9.17, 15) is 4.79 Å². The van der Waals surface area contributed by atoms with Crippen molar-refractivity contribution in [3.8, 4) is 0 Å². The van der Waals surface area contributed by atoms with Gasteiger partial charge in [-0.2, -0.15) is 0 Å². The first-order valence-corrected chi connectivity index (χ1v) is 7.01. The zero-order chi connectivity index (χ0) is 13.2. The molecular formula is C16H20N2O. The molecule has 0 bridgehead atoms. The summed E-state index contributed by atoms with van der Waals surface area (Å²) >= 11 is 0. The normalized spacial score (nSPS) is 19.6. The van der Waals surface area contributed by atoms with E-state index in [1.165, 1.54) is 11.1 Å². The summed E-state index contributed by atoms with van der Waals surface area (Å²) in [5, 5.41) is 0. The SMILES string of the molecule is C=C1CCN(CC(=O)N2CCc3ccccc32)CC1. The second-order valence-corrected chi connectivity index (χ2v) is 5.45. The van der Waals surface area contributed by atoms with Gasteiger partial charge in [0, 0.05) is 25.3 Å². The molecular weight excluding hydrogens is 236 g/mol. The predicted octanol–water partition coefficient (Wildman–Crippen LogP) is 2.23. The number of likely N-dealkylation sites (tertiary alicyclic amines) is 1. The summed E-state index contributed by atoms with van der Waals surface area (Å²) < 4.78 is 0. The predicted molar refractivity (Wildman–Crippen MR) is 77.3 cm³/mol. The average molecular weight is 256 g/mol. The number of benzene rings is 1. The van der Waals surface area contributed by atoms with Gasteiger partial charge in [0.05, 0.1) is 6.54 Å². The first kappa shape index (κ1) is 12.4. The van der Waals surface area contributed by atoms with E-state index in [1.54, 1.807) is 0 Å². The van der Waals surface area contributed by atoms with Crippen LogP contribution in [-0.2, 0) is 11.2 Å². The molecule has 1 amide bonds. The van der Waals surface area contributed by atoms with Crippen LogP contribution in [0.25, 0.3) is 0 Å². The molecule has 1 aromatic rings. The largest absolute Gasteiger partial charge is 0.311 e. The van der Waals surface area contributed by atoms with Gasteiger partial charge in [-0.05, 0) is 30.9 Å². The fraction of sp³-hybridized carbons (Fsp3) is 0.438. The number of piperidine rings is 1. The zero-order valence-corrected chi connectivity index (χ0v) is 11.3. The molecule has 1 aromatic carbocycles. The van der Waals surface area contributed by atoms with Crippen molar-refractivity contribution in [2.45, 2.75) is 19.3 Å². The van der Waals surface area contributed by atoms with E-state index in [0.717, 1.165) is 44.6 Å². The lowest BCUT2D eigenvalue weighted by molar-refractivity contribution is -0.119. The van der Waals surface area contributed by atoms with E-state index in [1.807, 2.05) is 17.0 Å². The van der Waals surface area contributed by atoms with Gasteiger partial charge in [-0.1, -0.05) is 30.4 Å². The quantitative estimate of drug-likeness (QED) is 0.758. The number of hydrogen-bond donors (Lipinski definition) is 0. The minimum atomic E-state index is 0.234. The Hall–Kier alpha value is -1.61. The minimum absolute atomic E-state index is 0.234. The maximum atomic E-state index is 12.4. The molecule has 1 saturated heterocycles. The molecule has 2 heterocycles. The molecule has 0 spiro atoms. The van der Waals surface area contributed by atoms with Crippen LogP contribution < -0.4 is 4.90 Å². The lowest BCUT2D eigenvalue weighted by atomic mass is 10.1. The molecule has 0 atom stereocenters. The summed E-state index contributed by atoms with van der Waals surface area (Å²) in [7, 11) is 0. The number of rotatable bonds is 2. The smallest absolute Gasteiger partial charge is 0.241 e. The summed E-state index contributed by atoms with van der Waals surface area (Å²) in [4.78, 5) is 16.6. The number of carbonyl (C=O) groups excluding carboxylic acids is 1. The molecule has 0 N–H and O–H groups in total. The fourth-order valence-corrected chi connectivity index (χ4v) is 2.90. The van der Waals surface area contributed by atoms with Gasteiger partial charge in [0.25, 0.3) is 0 Å². The third kappa shape index (κ3) is 2.56. The molecule has 100 valence electrons. The number of nitrogens with zero attached hydrogens (tertiary/aromatic N) is 2. The Morgan fingerprint density at radius 1 is 1.11 bits per heavy atom. The molecule has 3 heteroatoms. The van der Waals surface area contributed by atoms with E-state index >= 15 is 0 Å². The number of hydrogen-bond acceptors (Lipinski definition) is 2. The highest BCUT2D eigenvalue weighted by Gasteiger charge is 2.26. The van der Waals surface area contributed by atoms with Crippen molar-refractivity contribution < 1.29 is 4.79 Å². The van der Waals surface area contributed by atoms with Gasteiger partial charge in [0.2, 0.25) is 5.91 Å². The lowest BCUT2D eigenvalue weighted by Crippen LogP contribution is -2.42. The van der Waals surface area contributed by atoms with Crippen LogP contribution >= 0.6 is 0 Å². The average Bonchev–Trinajstić information content (AvgIpc) is 2.85. The van der Waals surface area contributed by atoms with E-state index < -0.39 is 0 Å². The van der Waals surface area contributed by atoms with Crippen molar-refractivity contribution in [2.24, 2.45) is 0 Å². The van der Waals surface area contributed by atoms with Crippen LogP contribution in [0, 0.1) is 0 Å². The first-order chi connectivity index (χ1) is 9.24. The standard InChI is InChI=1S/C16H20N2O/c1-13-6-9-17(10-7-13)12-16(19)18-11-8-14-4-2-3-5-15(14)18/h2-5H,1,6-12H2. The molecule has 3 rings (SSSR count). The second kappa shape index (κ2) is 5.17. The van der Waals surface area contributed by atoms with Crippen molar-refractivity contribution in [1.29, 1.82) is 0 Å². The maximum absolute atomic E-state index is 12.4. The Kier molecular flexibility index (Phi) is 3.38. The summed E-state index contributed by atoms with van der Waals surface area (Å²) in [6, 6.07) is 8.23. The lowest BCUT2D eigenvalue weighted by Gasteiger charge is -2.29. The van der Waals surface area contributed by atoms with E-state index in [4.69, 9.17) is 0 Å². The van der Waals surface area contributed by atoms with Crippen LogP contribution in [0.4, 0.5) is 5.69 Å². The summed E-state index contributed by atoms with van der Waals surface area (Å²) in [6.45, 7) is 7.33. The molecule has 0 aromatic heterocycles. The molecule has 2 aliphatic rings. The van der Waals surface area contributed by atoms with Gasteiger partial charge in [0.15, 0.2) is 0 Å². The number of para-hydroxylation sites is 1. The van der Waals surface area contributed by atoms with Gasteiger partial charge >= 0.3 is 0 Å². The van der Waals surface area contributed by atoms with Crippen LogP contribution in [0.5, 0.6) is 0 Å².